The smallest absolute Gasteiger partial charge is 0.269 e. The molecule has 0 saturated carbocycles. The van der Waals surface area contributed by atoms with Crippen molar-refractivity contribution in [2.45, 2.75) is 13.8 Å². The van der Waals surface area contributed by atoms with Crippen LogP contribution in [0.2, 0.25) is 0 Å². The van der Waals surface area contributed by atoms with E-state index in [1.807, 2.05) is 18.7 Å². The lowest BCUT2D eigenvalue weighted by Crippen LogP contribution is -2.27. The molecule has 90 valence electrons. The minimum atomic E-state index is -0.419. The summed E-state index contributed by atoms with van der Waals surface area (Å²) in [5.41, 5.74) is 0.985. The van der Waals surface area contributed by atoms with E-state index in [-0.39, 0.29) is 11.6 Å². The Kier molecular flexibility index (Phi) is 4.46. The maximum Gasteiger partial charge on any atom is 0.269 e. The Morgan fingerprint density at radius 3 is 2.47 bits per heavy atom. The number of benzene rings is 1. The van der Waals surface area contributed by atoms with Gasteiger partial charge in [-0.2, -0.15) is 5.26 Å². The van der Waals surface area contributed by atoms with Gasteiger partial charge in [0.1, 0.15) is 0 Å². The molecule has 1 rings (SSSR count). The summed E-state index contributed by atoms with van der Waals surface area (Å²) in [6.07, 6.45) is 0. The van der Waals surface area contributed by atoms with Gasteiger partial charge in [0.05, 0.1) is 16.9 Å². The number of nitro groups is 1. The summed E-state index contributed by atoms with van der Waals surface area (Å²) in [4.78, 5) is 12.1. The van der Waals surface area contributed by atoms with E-state index in [0.29, 0.717) is 6.54 Å². The van der Waals surface area contributed by atoms with Gasteiger partial charge in [0.25, 0.3) is 5.69 Å². The van der Waals surface area contributed by atoms with Crippen molar-refractivity contribution in [3.05, 3.63) is 34.4 Å². The molecule has 17 heavy (non-hydrogen) atoms. The Hall–Kier alpha value is -2.09. The summed E-state index contributed by atoms with van der Waals surface area (Å²) in [5, 5.41) is 19.3. The highest BCUT2D eigenvalue weighted by Crippen LogP contribution is 2.19. The van der Waals surface area contributed by atoms with Crippen molar-refractivity contribution in [3.8, 4) is 6.07 Å². The van der Waals surface area contributed by atoms with E-state index in [1.165, 1.54) is 12.1 Å². The molecule has 0 aliphatic rings. The number of hydrogen-bond acceptors (Lipinski definition) is 4. The van der Waals surface area contributed by atoms with Gasteiger partial charge in [0.2, 0.25) is 0 Å². The molecule has 0 amide bonds. The Bertz CT molecular complexity index is 422. The topological polar surface area (TPSA) is 70.2 Å². The molecule has 0 spiro atoms. The van der Waals surface area contributed by atoms with Crippen molar-refractivity contribution in [1.82, 2.24) is 0 Å². The zero-order valence-electron chi connectivity index (χ0n) is 9.96. The van der Waals surface area contributed by atoms with Gasteiger partial charge in [-0.1, -0.05) is 0 Å². The van der Waals surface area contributed by atoms with E-state index in [2.05, 4.69) is 6.07 Å². The Balaban J connectivity index is 2.83. The number of anilines is 1. The first kappa shape index (κ1) is 13.0. The molecule has 0 radical (unpaired) electrons. The average molecular weight is 233 g/mol. The molecule has 1 unspecified atom stereocenters. The monoisotopic (exact) mass is 233 g/mol. The molecule has 1 aromatic carbocycles. The van der Waals surface area contributed by atoms with Crippen LogP contribution in [0.1, 0.15) is 13.8 Å². The van der Waals surface area contributed by atoms with E-state index in [9.17, 15) is 10.1 Å². The van der Waals surface area contributed by atoms with E-state index in [0.717, 1.165) is 12.2 Å². The van der Waals surface area contributed by atoms with Gasteiger partial charge >= 0.3 is 0 Å². The molecule has 0 aliphatic carbocycles. The highest BCUT2D eigenvalue weighted by Gasteiger charge is 2.10. The third-order valence-electron chi connectivity index (χ3n) is 2.52. The molecule has 0 N–H and O–H groups in total. The minimum absolute atomic E-state index is 0.0647. The van der Waals surface area contributed by atoms with Crippen LogP contribution in [0.5, 0.6) is 0 Å². The fraction of sp³-hybridized carbons (Fsp3) is 0.417. The molecule has 1 aromatic rings. The first-order chi connectivity index (χ1) is 8.08. The molecule has 5 nitrogen and oxygen atoms in total. The molecular formula is C12H15N3O2. The second-order valence-electron chi connectivity index (χ2n) is 3.84. The molecule has 0 aliphatic heterocycles. The summed E-state index contributed by atoms with van der Waals surface area (Å²) in [6.45, 7) is 5.24. The quantitative estimate of drug-likeness (QED) is 0.579. The maximum absolute atomic E-state index is 10.5. The highest BCUT2D eigenvalue weighted by molar-refractivity contribution is 5.50. The number of rotatable bonds is 5. The van der Waals surface area contributed by atoms with Gasteiger partial charge in [-0.15, -0.1) is 0 Å². The Morgan fingerprint density at radius 1 is 1.47 bits per heavy atom. The normalized spacial score (nSPS) is 11.6. The van der Waals surface area contributed by atoms with Crippen LogP contribution in [0.25, 0.3) is 0 Å². The van der Waals surface area contributed by atoms with Gasteiger partial charge in [0, 0.05) is 30.9 Å². The summed E-state index contributed by atoms with van der Waals surface area (Å²) in [7, 11) is 0. The van der Waals surface area contributed by atoms with E-state index < -0.39 is 4.92 Å². The largest absolute Gasteiger partial charge is 0.371 e. The lowest BCUT2D eigenvalue weighted by atomic mass is 10.1. The van der Waals surface area contributed by atoms with E-state index in [4.69, 9.17) is 5.26 Å². The van der Waals surface area contributed by atoms with Gasteiger partial charge < -0.3 is 4.90 Å². The summed E-state index contributed by atoms with van der Waals surface area (Å²) in [5.74, 6) is -0.0647. The van der Waals surface area contributed by atoms with Crippen LogP contribution in [-0.4, -0.2) is 18.0 Å². The van der Waals surface area contributed by atoms with Crippen LogP contribution in [0.4, 0.5) is 11.4 Å². The van der Waals surface area contributed by atoms with Gasteiger partial charge in [-0.05, 0) is 26.0 Å². The standard InChI is InChI=1S/C12H15N3O2/c1-3-14(9-10(2)8-13)11-4-6-12(7-5-11)15(16)17/h4-7,10H,3,9H2,1-2H3. The molecule has 5 heteroatoms. The third kappa shape index (κ3) is 3.45. The SMILES string of the molecule is CCN(CC(C)C#N)c1ccc([N+](=O)[O-])cc1. The number of nitriles is 1. The second kappa shape index (κ2) is 5.85. The van der Waals surface area contributed by atoms with Crippen LogP contribution >= 0.6 is 0 Å². The average Bonchev–Trinajstić information content (AvgIpc) is 2.35. The molecule has 0 aromatic heterocycles. The highest BCUT2D eigenvalue weighted by atomic mass is 16.6. The molecule has 0 saturated heterocycles. The Labute approximate surface area is 100 Å². The van der Waals surface area contributed by atoms with Crippen LogP contribution in [0.3, 0.4) is 0 Å². The first-order valence-corrected chi connectivity index (χ1v) is 5.47. The molecule has 0 heterocycles. The lowest BCUT2D eigenvalue weighted by Gasteiger charge is -2.23. The summed E-state index contributed by atoms with van der Waals surface area (Å²) >= 11 is 0. The van der Waals surface area contributed by atoms with Crippen molar-refractivity contribution in [1.29, 1.82) is 5.26 Å². The third-order valence-corrected chi connectivity index (χ3v) is 2.52. The zero-order valence-corrected chi connectivity index (χ0v) is 9.96. The van der Waals surface area contributed by atoms with Crippen molar-refractivity contribution in [3.63, 3.8) is 0 Å². The van der Waals surface area contributed by atoms with Crippen molar-refractivity contribution in [2.75, 3.05) is 18.0 Å². The summed E-state index contributed by atoms with van der Waals surface area (Å²) < 4.78 is 0. The van der Waals surface area contributed by atoms with E-state index in [1.54, 1.807) is 12.1 Å². The molecule has 0 bridgehead atoms. The zero-order chi connectivity index (χ0) is 12.8. The minimum Gasteiger partial charge on any atom is -0.371 e. The number of non-ortho nitro benzene ring substituents is 1. The number of nitro benzene ring substituents is 1. The van der Waals surface area contributed by atoms with Crippen LogP contribution in [-0.2, 0) is 0 Å². The maximum atomic E-state index is 10.5. The van der Waals surface area contributed by atoms with Crippen LogP contribution in [0, 0.1) is 27.4 Å². The molecule has 1 atom stereocenters. The lowest BCUT2D eigenvalue weighted by molar-refractivity contribution is -0.384. The van der Waals surface area contributed by atoms with Gasteiger partial charge in [-0.3, -0.25) is 10.1 Å². The van der Waals surface area contributed by atoms with Crippen molar-refractivity contribution >= 4 is 11.4 Å². The summed E-state index contributed by atoms with van der Waals surface area (Å²) in [6, 6.07) is 8.57. The van der Waals surface area contributed by atoms with Gasteiger partial charge in [-0.25, -0.2) is 0 Å². The van der Waals surface area contributed by atoms with Crippen LogP contribution < -0.4 is 4.90 Å². The number of hydrogen-bond donors (Lipinski definition) is 0. The molecule has 0 fully saturated rings. The first-order valence-electron chi connectivity index (χ1n) is 5.47. The second-order valence-corrected chi connectivity index (χ2v) is 3.84. The predicted octanol–water partition coefficient (Wildman–Crippen LogP) is 2.58. The fourth-order valence-electron chi connectivity index (χ4n) is 1.57. The Morgan fingerprint density at radius 2 is 2.06 bits per heavy atom. The fourth-order valence-corrected chi connectivity index (χ4v) is 1.57. The van der Waals surface area contributed by atoms with Crippen LogP contribution in [0.15, 0.2) is 24.3 Å². The van der Waals surface area contributed by atoms with E-state index >= 15 is 0 Å². The van der Waals surface area contributed by atoms with Crippen molar-refractivity contribution < 1.29 is 4.92 Å². The van der Waals surface area contributed by atoms with Crippen molar-refractivity contribution in [2.24, 2.45) is 5.92 Å². The predicted molar refractivity (Wildman–Crippen MR) is 65.8 cm³/mol. The number of nitrogens with zero attached hydrogens (tertiary/aromatic N) is 3. The molecular weight excluding hydrogens is 218 g/mol. The van der Waals surface area contributed by atoms with Gasteiger partial charge in [0.15, 0.2) is 0 Å².